The van der Waals surface area contributed by atoms with E-state index in [4.69, 9.17) is 15.6 Å². The topological polar surface area (TPSA) is 80.4 Å². The van der Waals surface area contributed by atoms with Gasteiger partial charge < -0.3 is 10.8 Å². The number of alkyl halides is 3. The van der Waals surface area contributed by atoms with Crippen molar-refractivity contribution in [1.29, 1.82) is 0 Å². The van der Waals surface area contributed by atoms with Gasteiger partial charge in [0.2, 0.25) is 5.91 Å². The normalized spacial score (nSPS) is 10.2. The van der Waals surface area contributed by atoms with E-state index in [0.29, 0.717) is 6.42 Å². The average Bonchev–Trinajstić information content (AvgIpc) is 2.20. The third-order valence-electron chi connectivity index (χ3n) is 1.87. The van der Waals surface area contributed by atoms with Gasteiger partial charge in [0.1, 0.15) is 0 Å². The van der Waals surface area contributed by atoms with Crippen molar-refractivity contribution in [2.75, 3.05) is 0 Å². The highest BCUT2D eigenvalue weighted by molar-refractivity contribution is 5.76. The van der Waals surface area contributed by atoms with Crippen LogP contribution in [0.2, 0.25) is 0 Å². The summed E-state index contributed by atoms with van der Waals surface area (Å²) in [7, 11) is 0. The van der Waals surface area contributed by atoms with Crippen LogP contribution < -0.4 is 5.73 Å². The Bertz CT molecular complexity index is 430. The zero-order valence-corrected chi connectivity index (χ0v) is 9.49. The van der Waals surface area contributed by atoms with Crippen LogP contribution in [0.1, 0.15) is 11.1 Å². The minimum atomic E-state index is -5.08. The molecule has 0 unspecified atom stereocenters. The monoisotopic (exact) mass is 263 g/mol. The van der Waals surface area contributed by atoms with Gasteiger partial charge in [-0.05, 0) is 18.1 Å². The van der Waals surface area contributed by atoms with Gasteiger partial charge in [-0.1, -0.05) is 24.3 Å². The number of carboxylic acid groups (broad SMARTS) is 1. The van der Waals surface area contributed by atoms with Crippen LogP contribution in [0.15, 0.2) is 24.3 Å². The minimum Gasteiger partial charge on any atom is -0.475 e. The van der Waals surface area contributed by atoms with Crippen molar-refractivity contribution in [3.05, 3.63) is 35.4 Å². The molecule has 0 atom stereocenters. The van der Waals surface area contributed by atoms with Crippen LogP contribution in [0.25, 0.3) is 0 Å². The number of nitrogens with two attached hydrogens (primary N) is 1. The van der Waals surface area contributed by atoms with Crippen molar-refractivity contribution in [3.8, 4) is 0 Å². The Morgan fingerprint density at radius 3 is 2.06 bits per heavy atom. The molecular weight excluding hydrogens is 251 g/mol. The SMILES string of the molecule is Cc1ccccc1CC(N)=O.O=C(O)C(F)(F)F. The van der Waals surface area contributed by atoms with Gasteiger partial charge in [0.15, 0.2) is 0 Å². The van der Waals surface area contributed by atoms with E-state index in [-0.39, 0.29) is 5.91 Å². The van der Waals surface area contributed by atoms with E-state index in [2.05, 4.69) is 0 Å². The van der Waals surface area contributed by atoms with Crippen LogP contribution in [0, 0.1) is 6.92 Å². The second-order valence-corrected chi connectivity index (χ2v) is 3.37. The molecule has 18 heavy (non-hydrogen) atoms. The highest BCUT2D eigenvalue weighted by Gasteiger charge is 2.38. The minimum absolute atomic E-state index is 0.278. The van der Waals surface area contributed by atoms with Crippen molar-refractivity contribution in [2.24, 2.45) is 5.73 Å². The third kappa shape index (κ3) is 6.51. The number of benzene rings is 1. The first-order chi connectivity index (χ1) is 8.14. The number of aryl methyl sites for hydroxylation is 1. The van der Waals surface area contributed by atoms with Crippen LogP contribution in [0.5, 0.6) is 0 Å². The number of carboxylic acids is 1. The summed E-state index contributed by atoms with van der Waals surface area (Å²) in [5, 5.41) is 7.12. The average molecular weight is 263 g/mol. The fourth-order valence-corrected chi connectivity index (χ4v) is 0.996. The van der Waals surface area contributed by atoms with E-state index in [1.807, 2.05) is 31.2 Å². The molecule has 0 aliphatic carbocycles. The van der Waals surface area contributed by atoms with E-state index < -0.39 is 12.1 Å². The van der Waals surface area contributed by atoms with Gasteiger partial charge >= 0.3 is 12.1 Å². The summed E-state index contributed by atoms with van der Waals surface area (Å²) >= 11 is 0. The van der Waals surface area contributed by atoms with Crippen LogP contribution in [0.4, 0.5) is 13.2 Å². The smallest absolute Gasteiger partial charge is 0.475 e. The fourth-order valence-electron chi connectivity index (χ4n) is 0.996. The van der Waals surface area contributed by atoms with Crippen LogP contribution in [0.3, 0.4) is 0 Å². The summed E-state index contributed by atoms with van der Waals surface area (Å²) in [6.45, 7) is 1.97. The number of halogens is 3. The number of carbonyl (C=O) groups excluding carboxylic acids is 1. The predicted molar refractivity (Wildman–Crippen MR) is 57.8 cm³/mol. The Morgan fingerprint density at radius 2 is 1.72 bits per heavy atom. The molecule has 100 valence electrons. The second kappa shape index (κ2) is 6.63. The lowest BCUT2D eigenvalue weighted by molar-refractivity contribution is -0.192. The molecule has 3 N–H and O–H groups in total. The summed E-state index contributed by atoms with van der Waals surface area (Å²) < 4.78 is 31.7. The Hall–Kier alpha value is -2.05. The molecule has 4 nitrogen and oxygen atoms in total. The first-order valence-corrected chi connectivity index (χ1v) is 4.77. The van der Waals surface area contributed by atoms with Gasteiger partial charge in [0, 0.05) is 0 Å². The third-order valence-corrected chi connectivity index (χ3v) is 1.87. The molecule has 0 fully saturated rings. The molecule has 7 heteroatoms. The number of carbonyl (C=O) groups is 2. The predicted octanol–water partition coefficient (Wildman–Crippen LogP) is 1.66. The molecule has 0 bridgehead atoms. The zero-order valence-electron chi connectivity index (χ0n) is 9.49. The van der Waals surface area contributed by atoms with Crippen molar-refractivity contribution in [3.63, 3.8) is 0 Å². The first kappa shape index (κ1) is 16.0. The number of hydrogen-bond acceptors (Lipinski definition) is 2. The van der Waals surface area contributed by atoms with E-state index >= 15 is 0 Å². The molecule has 0 aromatic heterocycles. The Labute approximate surface area is 101 Å². The summed E-state index contributed by atoms with van der Waals surface area (Å²) in [6, 6.07) is 7.74. The van der Waals surface area contributed by atoms with Crippen molar-refractivity contribution >= 4 is 11.9 Å². The molecule has 0 aliphatic heterocycles. The maximum absolute atomic E-state index is 10.6. The first-order valence-electron chi connectivity index (χ1n) is 4.77. The molecule has 1 aromatic carbocycles. The number of aliphatic carboxylic acids is 1. The highest BCUT2D eigenvalue weighted by atomic mass is 19.4. The standard InChI is InChI=1S/C9H11NO.C2HF3O2/c1-7-4-2-3-5-8(7)6-9(10)11;3-2(4,5)1(6)7/h2-5H,6H2,1H3,(H2,10,11);(H,6,7). The molecule has 1 aromatic rings. The van der Waals surface area contributed by atoms with Gasteiger partial charge in [-0.3, -0.25) is 4.79 Å². The van der Waals surface area contributed by atoms with Crippen LogP contribution >= 0.6 is 0 Å². The molecule has 0 aliphatic rings. The van der Waals surface area contributed by atoms with E-state index in [9.17, 15) is 18.0 Å². The molecule has 0 saturated carbocycles. The van der Waals surface area contributed by atoms with Crippen molar-refractivity contribution in [2.45, 2.75) is 19.5 Å². The van der Waals surface area contributed by atoms with Crippen molar-refractivity contribution < 1.29 is 27.9 Å². The molecule has 1 rings (SSSR count). The number of rotatable bonds is 2. The lowest BCUT2D eigenvalue weighted by Gasteiger charge is -2.00. The Kier molecular flexibility index (Phi) is 5.87. The lowest BCUT2D eigenvalue weighted by Crippen LogP contribution is -2.21. The van der Waals surface area contributed by atoms with E-state index in [1.54, 1.807) is 0 Å². The zero-order chi connectivity index (χ0) is 14.3. The highest BCUT2D eigenvalue weighted by Crippen LogP contribution is 2.13. The molecule has 0 radical (unpaired) electrons. The lowest BCUT2D eigenvalue weighted by atomic mass is 10.1. The van der Waals surface area contributed by atoms with Gasteiger partial charge in [-0.25, -0.2) is 4.79 Å². The summed E-state index contributed by atoms with van der Waals surface area (Å²) in [5.74, 6) is -3.04. The van der Waals surface area contributed by atoms with Gasteiger partial charge in [0.05, 0.1) is 6.42 Å². The Morgan fingerprint density at radius 1 is 1.28 bits per heavy atom. The largest absolute Gasteiger partial charge is 0.490 e. The molecule has 0 heterocycles. The summed E-state index contributed by atoms with van der Waals surface area (Å²) in [4.78, 5) is 19.4. The maximum Gasteiger partial charge on any atom is 0.490 e. The quantitative estimate of drug-likeness (QED) is 0.851. The van der Waals surface area contributed by atoms with Gasteiger partial charge in [-0.15, -0.1) is 0 Å². The second-order valence-electron chi connectivity index (χ2n) is 3.37. The van der Waals surface area contributed by atoms with Crippen LogP contribution in [-0.4, -0.2) is 23.2 Å². The van der Waals surface area contributed by atoms with E-state index in [0.717, 1.165) is 11.1 Å². The summed E-state index contributed by atoms with van der Waals surface area (Å²) in [6.07, 6.45) is -4.74. The number of amides is 1. The van der Waals surface area contributed by atoms with Crippen LogP contribution in [-0.2, 0) is 16.0 Å². The Balaban J connectivity index is 0.000000360. The fraction of sp³-hybridized carbons (Fsp3) is 0.273. The van der Waals surface area contributed by atoms with E-state index in [1.165, 1.54) is 0 Å². The van der Waals surface area contributed by atoms with Gasteiger partial charge in [-0.2, -0.15) is 13.2 Å². The summed E-state index contributed by atoms with van der Waals surface area (Å²) in [5.41, 5.74) is 7.19. The van der Waals surface area contributed by atoms with Crippen molar-refractivity contribution in [1.82, 2.24) is 0 Å². The molecule has 0 saturated heterocycles. The molecule has 0 spiro atoms. The van der Waals surface area contributed by atoms with Gasteiger partial charge in [0.25, 0.3) is 0 Å². The number of primary amides is 1. The molecular formula is C11H12F3NO3. The maximum atomic E-state index is 10.6. The number of hydrogen-bond donors (Lipinski definition) is 2. The molecule has 1 amide bonds.